The van der Waals surface area contributed by atoms with E-state index in [2.05, 4.69) is 10.1 Å². The predicted molar refractivity (Wildman–Crippen MR) is 49.3 cm³/mol. The lowest BCUT2D eigenvalue weighted by Crippen LogP contribution is -2.46. The lowest BCUT2D eigenvalue weighted by Gasteiger charge is -2.21. The molecule has 0 aromatic carbocycles. The van der Waals surface area contributed by atoms with Gasteiger partial charge in [-0.25, -0.2) is 0 Å². The third-order valence-electron chi connectivity index (χ3n) is 1.73. The van der Waals surface area contributed by atoms with Crippen LogP contribution in [0.5, 0.6) is 0 Å². The van der Waals surface area contributed by atoms with Gasteiger partial charge in [-0.3, -0.25) is 10.1 Å². The average Bonchev–Trinajstić information content (AvgIpc) is 2.01. The molecule has 0 rings (SSSR count). The third kappa shape index (κ3) is 6.33. The Bertz CT molecular complexity index is 204. The molecule has 0 aromatic rings. The fourth-order valence-corrected chi connectivity index (χ4v) is 1.05. The number of ether oxygens (including phenoxy) is 1. The van der Waals surface area contributed by atoms with Crippen molar-refractivity contribution in [1.82, 2.24) is 5.32 Å². The van der Waals surface area contributed by atoms with Gasteiger partial charge in [0.05, 0.1) is 13.2 Å². The van der Waals surface area contributed by atoms with Gasteiger partial charge in [0.15, 0.2) is 0 Å². The van der Waals surface area contributed by atoms with E-state index in [1.807, 2.05) is 0 Å². The quantitative estimate of drug-likeness (QED) is 0.727. The van der Waals surface area contributed by atoms with Gasteiger partial charge in [0.2, 0.25) is 0 Å². The second kappa shape index (κ2) is 5.95. The lowest BCUT2D eigenvalue weighted by molar-refractivity contribution is -0.150. The van der Waals surface area contributed by atoms with Crippen LogP contribution in [0.15, 0.2) is 0 Å². The standard InChI is InChI=1S/C9H16F3NO2/c1-4-15-8(14)7(6(2)3)13-5-9(10,11)12/h6-7,13H,4-5H2,1-3H3/t7-/m0/s1. The number of alkyl halides is 3. The Morgan fingerprint density at radius 3 is 2.27 bits per heavy atom. The van der Waals surface area contributed by atoms with E-state index in [0.717, 1.165) is 0 Å². The minimum absolute atomic E-state index is 0.162. The Hall–Kier alpha value is -0.780. The molecule has 0 spiro atoms. The molecule has 3 nitrogen and oxygen atoms in total. The van der Waals surface area contributed by atoms with Crippen molar-refractivity contribution < 1.29 is 22.7 Å². The maximum Gasteiger partial charge on any atom is 0.401 e. The maximum absolute atomic E-state index is 11.9. The molecule has 0 bridgehead atoms. The zero-order valence-electron chi connectivity index (χ0n) is 9.02. The topological polar surface area (TPSA) is 38.3 Å². The Balaban J connectivity index is 4.23. The molecule has 0 aromatic heterocycles. The zero-order chi connectivity index (χ0) is 12.1. The van der Waals surface area contributed by atoms with Crippen LogP contribution >= 0.6 is 0 Å². The summed E-state index contributed by atoms with van der Waals surface area (Å²) in [6.45, 7) is 3.90. The Kier molecular flexibility index (Phi) is 5.64. The summed E-state index contributed by atoms with van der Waals surface area (Å²) < 4.78 is 40.4. The molecular formula is C9H16F3NO2. The summed E-state index contributed by atoms with van der Waals surface area (Å²) in [5, 5.41) is 2.14. The molecule has 0 aliphatic heterocycles. The molecule has 0 aliphatic rings. The first-order chi connectivity index (χ1) is 6.78. The largest absolute Gasteiger partial charge is 0.465 e. The Morgan fingerprint density at radius 1 is 1.40 bits per heavy atom. The molecule has 15 heavy (non-hydrogen) atoms. The van der Waals surface area contributed by atoms with Crippen molar-refractivity contribution in [3.8, 4) is 0 Å². The second-order valence-corrected chi connectivity index (χ2v) is 3.47. The van der Waals surface area contributed by atoms with Crippen LogP contribution in [0.3, 0.4) is 0 Å². The number of hydrogen-bond acceptors (Lipinski definition) is 3. The van der Waals surface area contributed by atoms with Gasteiger partial charge in [0.1, 0.15) is 6.04 Å². The average molecular weight is 227 g/mol. The van der Waals surface area contributed by atoms with Gasteiger partial charge in [0, 0.05) is 0 Å². The highest BCUT2D eigenvalue weighted by molar-refractivity contribution is 5.76. The first-order valence-corrected chi connectivity index (χ1v) is 4.74. The molecule has 0 amide bonds. The van der Waals surface area contributed by atoms with E-state index < -0.39 is 24.7 Å². The van der Waals surface area contributed by atoms with Crippen LogP contribution in [0.1, 0.15) is 20.8 Å². The second-order valence-electron chi connectivity index (χ2n) is 3.47. The van der Waals surface area contributed by atoms with Crippen LogP contribution in [-0.4, -0.2) is 31.3 Å². The summed E-state index contributed by atoms with van der Waals surface area (Å²) in [6.07, 6.45) is -4.32. The first kappa shape index (κ1) is 14.2. The number of hydrogen-bond donors (Lipinski definition) is 1. The predicted octanol–water partition coefficient (Wildman–Crippen LogP) is 1.73. The first-order valence-electron chi connectivity index (χ1n) is 4.74. The van der Waals surface area contributed by atoms with Crippen LogP contribution in [0.25, 0.3) is 0 Å². The fourth-order valence-electron chi connectivity index (χ4n) is 1.05. The van der Waals surface area contributed by atoms with Crippen molar-refractivity contribution in [3.63, 3.8) is 0 Å². The molecule has 0 fully saturated rings. The van der Waals surface area contributed by atoms with Gasteiger partial charge < -0.3 is 4.74 Å². The number of carbonyl (C=O) groups is 1. The lowest BCUT2D eigenvalue weighted by atomic mass is 10.0. The van der Waals surface area contributed by atoms with Crippen LogP contribution < -0.4 is 5.32 Å². The molecule has 0 unspecified atom stereocenters. The molecule has 0 saturated heterocycles. The highest BCUT2D eigenvalue weighted by Crippen LogP contribution is 2.14. The number of carbonyl (C=O) groups excluding carboxylic acids is 1. The van der Waals surface area contributed by atoms with Crippen LogP contribution in [0, 0.1) is 5.92 Å². The van der Waals surface area contributed by atoms with Crippen LogP contribution in [-0.2, 0) is 9.53 Å². The number of esters is 1. The molecule has 1 N–H and O–H groups in total. The van der Waals surface area contributed by atoms with Crippen LogP contribution in [0.4, 0.5) is 13.2 Å². The SMILES string of the molecule is CCOC(=O)[C@@H](NCC(F)(F)F)C(C)C. The summed E-state index contributed by atoms with van der Waals surface area (Å²) in [6, 6.07) is -0.911. The normalized spacial score (nSPS) is 14.1. The summed E-state index contributed by atoms with van der Waals surface area (Å²) in [7, 11) is 0. The molecule has 0 aliphatic carbocycles. The van der Waals surface area contributed by atoms with E-state index in [1.165, 1.54) is 0 Å². The molecule has 90 valence electrons. The zero-order valence-corrected chi connectivity index (χ0v) is 9.02. The Morgan fingerprint density at radius 2 is 1.93 bits per heavy atom. The number of nitrogens with one attached hydrogen (secondary N) is 1. The fraction of sp³-hybridized carbons (Fsp3) is 0.889. The van der Waals surface area contributed by atoms with Gasteiger partial charge in [-0.15, -0.1) is 0 Å². The van der Waals surface area contributed by atoms with E-state index in [1.54, 1.807) is 20.8 Å². The van der Waals surface area contributed by atoms with Crippen molar-refractivity contribution in [1.29, 1.82) is 0 Å². The van der Waals surface area contributed by atoms with Gasteiger partial charge in [-0.1, -0.05) is 13.8 Å². The van der Waals surface area contributed by atoms with Gasteiger partial charge >= 0.3 is 12.1 Å². The van der Waals surface area contributed by atoms with Crippen molar-refractivity contribution >= 4 is 5.97 Å². The van der Waals surface area contributed by atoms with E-state index >= 15 is 0 Å². The summed E-state index contributed by atoms with van der Waals surface area (Å²) in [5.41, 5.74) is 0. The molecule has 1 atom stereocenters. The smallest absolute Gasteiger partial charge is 0.401 e. The summed E-state index contributed by atoms with van der Waals surface area (Å²) in [4.78, 5) is 11.2. The van der Waals surface area contributed by atoms with E-state index in [-0.39, 0.29) is 12.5 Å². The third-order valence-corrected chi connectivity index (χ3v) is 1.73. The highest BCUT2D eigenvalue weighted by Gasteiger charge is 2.31. The van der Waals surface area contributed by atoms with E-state index in [9.17, 15) is 18.0 Å². The summed E-state index contributed by atoms with van der Waals surface area (Å²) >= 11 is 0. The molecular weight excluding hydrogens is 211 g/mol. The minimum Gasteiger partial charge on any atom is -0.465 e. The van der Waals surface area contributed by atoms with Gasteiger partial charge in [-0.2, -0.15) is 13.2 Å². The van der Waals surface area contributed by atoms with Crippen molar-refractivity contribution in [3.05, 3.63) is 0 Å². The monoisotopic (exact) mass is 227 g/mol. The molecule has 0 heterocycles. The molecule has 6 heteroatoms. The van der Waals surface area contributed by atoms with Gasteiger partial charge in [0.25, 0.3) is 0 Å². The van der Waals surface area contributed by atoms with Crippen molar-refractivity contribution in [2.45, 2.75) is 33.0 Å². The highest BCUT2D eigenvalue weighted by atomic mass is 19.4. The van der Waals surface area contributed by atoms with Gasteiger partial charge in [-0.05, 0) is 12.8 Å². The van der Waals surface area contributed by atoms with Crippen molar-refractivity contribution in [2.75, 3.05) is 13.2 Å². The molecule has 0 saturated carbocycles. The van der Waals surface area contributed by atoms with Crippen molar-refractivity contribution in [2.24, 2.45) is 5.92 Å². The number of halogens is 3. The molecule has 0 radical (unpaired) electrons. The maximum atomic E-state index is 11.9. The minimum atomic E-state index is -4.32. The Labute approximate surface area is 87.0 Å². The van der Waals surface area contributed by atoms with Crippen LogP contribution in [0.2, 0.25) is 0 Å². The van der Waals surface area contributed by atoms with E-state index in [0.29, 0.717) is 0 Å². The number of rotatable bonds is 5. The summed E-state index contributed by atoms with van der Waals surface area (Å²) in [5.74, 6) is -0.886. The van der Waals surface area contributed by atoms with E-state index in [4.69, 9.17) is 0 Å².